The summed E-state index contributed by atoms with van der Waals surface area (Å²) >= 11 is 5.59. The molecule has 0 aliphatic heterocycles. The van der Waals surface area contributed by atoms with E-state index in [9.17, 15) is 13.6 Å². The summed E-state index contributed by atoms with van der Waals surface area (Å²) in [4.78, 5) is 15.7. The van der Waals surface area contributed by atoms with Gasteiger partial charge in [0.15, 0.2) is 11.6 Å². The molecule has 1 heterocycles. The maximum Gasteiger partial charge on any atom is 0.250 e. The number of aromatic nitrogens is 1. The third-order valence-corrected chi connectivity index (χ3v) is 2.71. The van der Waals surface area contributed by atoms with Gasteiger partial charge in [-0.3, -0.25) is 4.79 Å². The van der Waals surface area contributed by atoms with Crippen LogP contribution in [0.5, 0.6) is 5.88 Å². The summed E-state index contributed by atoms with van der Waals surface area (Å²) in [6.07, 6.45) is 1.21. The van der Waals surface area contributed by atoms with Crippen molar-refractivity contribution in [2.75, 3.05) is 7.11 Å². The predicted octanol–water partition coefficient (Wildman–Crippen LogP) is 3.25. The number of carbonyl (C=O) groups is 1. The lowest BCUT2D eigenvalue weighted by Gasteiger charge is -2.06. The fourth-order valence-corrected chi connectivity index (χ4v) is 1.72. The fourth-order valence-electron chi connectivity index (χ4n) is 1.56. The Bertz CT molecular complexity index is 647. The number of nitrogens with zero attached hydrogens (tertiary/aromatic N) is 1. The first-order valence-electron chi connectivity index (χ1n) is 5.23. The van der Waals surface area contributed by atoms with Crippen molar-refractivity contribution in [2.45, 2.75) is 0 Å². The Morgan fingerprint density at radius 1 is 1.26 bits per heavy atom. The van der Waals surface area contributed by atoms with E-state index in [-0.39, 0.29) is 22.0 Å². The van der Waals surface area contributed by atoms with Crippen LogP contribution in [0.2, 0.25) is 5.02 Å². The number of hydrogen-bond donors (Lipinski definition) is 0. The zero-order valence-electron chi connectivity index (χ0n) is 9.78. The second-order valence-corrected chi connectivity index (χ2v) is 4.07. The monoisotopic (exact) mass is 283 g/mol. The van der Waals surface area contributed by atoms with Crippen LogP contribution in [0.4, 0.5) is 8.78 Å². The summed E-state index contributed by atoms with van der Waals surface area (Å²) in [7, 11) is 1.22. The van der Waals surface area contributed by atoms with Crippen LogP contribution < -0.4 is 4.74 Å². The van der Waals surface area contributed by atoms with Crippen molar-refractivity contribution in [1.82, 2.24) is 4.98 Å². The number of hydrogen-bond acceptors (Lipinski definition) is 3. The topological polar surface area (TPSA) is 39.2 Å². The van der Waals surface area contributed by atoms with Gasteiger partial charge in [-0.15, -0.1) is 0 Å². The number of rotatable bonds is 3. The largest absolute Gasteiger partial charge is 0.479 e. The van der Waals surface area contributed by atoms with E-state index in [1.165, 1.54) is 25.4 Å². The van der Waals surface area contributed by atoms with E-state index in [0.717, 1.165) is 12.1 Å². The highest BCUT2D eigenvalue weighted by molar-refractivity contribution is 6.30. The molecule has 0 saturated heterocycles. The number of ketones is 1. The highest BCUT2D eigenvalue weighted by atomic mass is 35.5. The van der Waals surface area contributed by atoms with Crippen LogP contribution in [0, 0.1) is 11.6 Å². The maximum absolute atomic E-state index is 13.9. The molecule has 1 aromatic heterocycles. The average molecular weight is 284 g/mol. The number of halogens is 3. The molecule has 0 saturated carbocycles. The van der Waals surface area contributed by atoms with Crippen molar-refractivity contribution in [3.05, 3.63) is 58.2 Å². The Kier molecular flexibility index (Phi) is 3.76. The van der Waals surface area contributed by atoms with Crippen LogP contribution in [-0.4, -0.2) is 17.9 Å². The highest BCUT2D eigenvalue weighted by Gasteiger charge is 2.20. The summed E-state index contributed by atoms with van der Waals surface area (Å²) < 4.78 is 32.2. The van der Waals surface area contributed by atoms with Crippen LogP contribution >= 0.6 is 11.6 Å². The summed E-state index contributed by atoms with van der Waals surface area (Å²) in [5.41, 5.74) is -0.579. The van der Waals surface area contributed by atoms with Gasteiger partial charge in [0.05, 0.1) is 18.2 Å². The lowest BCUT2D eigenvalue weighted by Crippen LogP contribution is -2.08. The van der Waals surface area contributed by atoms with Crippen molar-refractivity contribution in [1.29, 1.82) is 0 Å². The first-order chi connectivity index (χ1) is 9.04. The molecule has 19 heavy (non-hydrogen) atoms. The second-order valence-electron chi connectivity index (χ2n) is 3.64. The first kappa shape index (κ1) is 13.4. The molecule has 0 bridgehead atoms. The zero-order valence-corrected chi connectivity index (χ0v) is 10.5. The van der Waals surface area contributed by atoms with Gasteiger partial charge in [0.25, 0.3) is 5.88 Å². The third kappa shape index (κ3) is 2.56. The number of methoxy groups -OCH3 is 1. The van der Waals surface area contributed by atoms with Crippen molar-refractivity contribution >= 4 is 17.4 Å². The van der Waals surface area contributed by atoms with Crippen LogP contribution in [-0.2, 0) is 0 Å². The van der Waals surface area contributed by atoms with E-state index in [1.54, 1.807) is 0 Å². The molecule has 1 aromatic carbocycles. The molecule has 0 unspecified atom stereocenters. The van der Waals surface area contributed by atoms with Crippen molar-refractivity contribution in [3.63, 3.8) is 0 Å². The average Bonchev–Trinajstić information content (AvgIpc) is 2.38. The minimum atomic E-state index is -0.927. The van der Waals surface area contributed by atoms with Gasteiger partial charge < -0.3 is 4.74 Å². The Hall–Kier alpha value is -2.01. The number of carbonyl (C=O) groups excluding carboxylic acids is 1. The molecular formula is C13H8ClF2NO2. The molecule has 98 valence electrons. The number of benzene rings is 1. The first-order valence-corrected chi connectivity index (χ1v) is 5.60. The molecule has 0 N–H and O–H groups in total. The van der Waals surface area contributed by atoms with Gasteiger partial charge >= 0.3 is 0 Å². The molecule has 2 rings (SSSR count). The normalized spacial score (nSPS) is 10.3. The molecule has 2 aromatic rings. The van der Waals surface area contributed by atoms with Gasteiger partial charge in [0.2, 0.25) is 0 Å². The zero-order chi connectivity index (χ0) is 14.0. The molecule has 0 aliphatic rings. The Morgan fingerprint density at radius 2 is 2.00 bits per heavy atom. The Balaban J connectivity index is 2.50. The van der Waals surface area contributed by atoms with E-state index in [2.05, 4.69) is 9.72 Å². The third-order valence-electron chi connectivity index (χ3n) is 2.47. The quantitative estimate of drug-likeness (QED) is 0.812. The summed E-state index contributed by atoms with van der Waals surface area (Å²) in [5.74, 6) is -2.86. The summed E-state index contributed by atoms with van der Waals surface area (Å²) in [6, 6.07) is 4.71. The number of pyridine rings is 1. The molecular weight excluding hydrogens is 276 g/mol. The van der Waals surface area contributed by atoms with Crippen molar-refractivity contribution < 1.29 is 18.3 Å². The molecule has 0 atom stereocenters. The fraction of sp³-hybridized carbons (Fsp3) is 0.0769. The Morgan fingerprint density at radius 3 is 2.63 bits per heavy atom. The minimum Gasteiger partial charge on any atom is -0.479 e. The molecule has 0 fully saturated rings. The lowest BCUT2D eigenvalue weighted by atomic mass is 10.0. The van der Waals surface area contributed by atoms with Crippen LogP contribution in [0.1, 0.15) is 15.9 Å². The van der Waals surface area contributed by atoms with E-state index in [4.69, 9.17) is 11.6 Å². The molecule has 0 amide bonds. The molecule has 0 radical (unpaired) electrons. The SMILES string of the molecule is COc1nccc(C(=O)c2ccc(Cl)cc2F)c1F. The lowest BCUT2D eigenvalue weighted by molar-refractivity contribution is 0.103. The second kappa shape index (κ2) is 5.32. The molecule has 0 aliphatic carbocycles. The van der Waals surface area contributed by atoms with Gasteiger partial charge in [-0.05, 0) is 24.3 Å². The van der Waals surface area contributed by atoms with E-state index in [1.807, 2.05) is 0 Å². The predicted molar refractivity (Wildman–Crippen MR) is 65.6 cm³/mol. The van der Waals surface area contributed by atoms with Gasteiger partial charge in [0, 0.05) is 11.2 Å². The molecule has 6 heteroatoms. The van der Waals surface area contributed by atoms with E-state index < -0.39 is 17.4 Å². The van der Waals surface area contributed by atoms with Crippen LogP contribution in [0.15, 0.2) is 30.5 Å². The minimum absolute atomic E-state index is 0.154. The molecule has 0 spiro atoms. The standard InChI is InChI=1S/C13H8ClF2NO2/c1-19-13-11(16)9(4-5-17-13)12(18)8-3-2-7(14)6-10(8)15/h2-6H,1H3. The highest BCUT2D eigenvalue weighted by Crippen LogP contribution is 2.22. The van der Waals surface area contributed by atoms with Crippen molar-refractivity contribution in [2.24, 2.45) is 0 Å². The maximum atomic E-state index is 13.9. The van der Waals surface area contributed by atoms with Gasteiger partial charge in [0.1, 0.15) is 5.82 Å². The summed E-state index contributed by atoms with van der Waals surface area (Å²) in [6.45, 7) is 0. The van der Waals surface area contributed by atoms with E-state index in [0.29, 0.717) is 0 Å². The number of ether oxygens (including phenoxy) is 1. The van der Waals surface area contributed by atoms with Crippen LogP contribution in [0.25, 0.3) is 0 Å². The molecule has 3 nitrogen and oxygen atoms in total. The smallest absolute Gasteiger partial charge is 0.250 e. The van der Waals surface area contributed by atoms with E-state index >= 15 is 0 Å². The van der Waals surface area contributed by atoms with Crippen LogP contribution in [0.3, 0.4) is 0 Å². The van der Waals surface area contributed by atoms with Gasteiger partial charge in [-0.1, -0.05) is 11.6 Å². The van der Waals surface area contributed by atoms with Gasteiger partial charge in [-0.2, -0.15) is 0 Å². The Labute approximate surface area is 112 Å². The van der Waals surface area contributed by atoms with Gasteiger partial charge in [-0.25, -0.2) is 13.8 Å². The van der Waals surface area contributed by atoms with Crippen molar-refractivity contribution in [3.8, 4) is 5.88 Å². The summed E-state index contributed by atoms with van der Waals surface area (Å²) in [5, 5.41) is 0.154.